The quantitative estimate of drug-likeness (QED) is 0.750. The molecule has 1 fully saturated rings. The maximum Gasteiger partial charge on any atom is 0.260 e. The molecule has 7 heteroatoms. The number of benzene rings is 1. The third kappa shape index (κ3) is 3.30. The summed E-state index contributed by atoms with van der Waals surface area (Å²) in [5.41, 5.74) is -0.546. The molecule has 1 aromatic carbocycles. The number of hydrogen-bond donors (Lipinski definition) is 0. The molecule has 1 saturated heterocycles. The van der Waals surface area contributed by atoms with Crippen molar-refractivity contribution in [3.63, 3.8) is 0 Å². The van der Waals surface area contributed by atoms with Gasteiger partial charge < -0.3 is 9.64 Å². The lowest BCUT2D eigenvalue weighted by Crippen LogP contribution is -2.50. The lowest BCUT2D eigenvalue weighted by Gasteiger charge is -2.36. The molecule has 1 amide bonds. The summed E-state index contributed by atoms with van der Waals surface area (Å²) in [7, 11) is 0. The van der Waals surface area contributed by atoms with E-state index in [2.05, 4.69) is 15.9 Å². The number of ether oxygens (including phenoxy) is 1. The summed E-state index contributed by atoms with van der Waals surface area (Å²) in [6.45, 7) is 2.29. The second-order valence-corrected chi connectivity index (χ2v) is 5.90. The zero-order valence-electron chi connectivity index (χ0n) is 10.7. The maximum absolute atomic E-state index is 13.8. The van der Waals surface area contributed by atoms with Crippen LogP contribution < -0.4 is 0 Å². The van der Waals surface area contributed by atoms with Gasteiger partial charge in [0.1, 0.15) is 17.2 Å². The standard InChI is InChI=1S/C13H13BrClF2NO2/c1-7-5-18(6-9(4-15)20-7)13(19)12-10(16)2-8(14)3-11(12)17/h2-3,7,9H,4-6H2,1H3. The van der Waals surface area contributed by atoms with Crippen LogP contribution >= 0.6 is 27.5 Å². The topological polar surface area (TPSA) is 29.5 Å². The Morgan fingerprint density at radius 1 is 1.45 bits per heavy atom. The van der Waals surface area contributed by atoms with Crippen LogP contribution in [-0.4, -0.2) is 42.0 Å². The average Bonchev–Trinajstić information content (AvgIpc) is 2.36. The molecule has 0 aliphatic carbocycles. The minimum atomic E-state index is -0.886. The van der Waals surface area contributed by atoms with Gasteiger partial charge in [-0.1, -0.05) is 15.9 Å². The van der Waals surface area contributed by atoms with Gasteiger partial charge in [0.15, 0.2) is 0 Å². The first kappa shape index (κ1) is 15.7. The largest absolute Gasteiger partial charge is 0.370 e. The predicted octanol–water partition coefficient (Wildman–Crippen LogP) is 3.20. The summed E-state index contributed by atoms with van der Waals surface area (Å²) in [5, 5.41) is 0. The highest BCUT2D eigenvalue weighted by Crippen LogP contribution is 2.22. The Balaban J connectivity index is 2.27. The van der Waals surface area contributed by atoms with E-state index in [4.69, 9.17) is 16.3 Å². The molecule has 2 atom stereocenters. The van der Waals surface area contributed by atoms with E-state index in [0.717, 1.165) is 12.1 Å². The third-order valence-electron chi connectivity index (χ3n) is 3.01. The van der Waals surface area contributed by atoms with E-state index in [9.17, 15) is 13.6 Å². The second-order valence-electron chi connectivity index (χ2n) is 4.68. The van der Waals surface area contributed by atoms with Gasteiger partial charge in [-0.3, -0.25) is 4.79 Å². The van der Waals surface area contributed by atoms with Crippen LogP contribution in [0.25, 0.3) is 0 Å². The number of carbonyl (C=O) groups is 1. The zero-order chi connectivity index (χ0) is 14.9. The number of amides is 1. The van der Waals surface area contributed by atoms with Crippen molar-refractivity contribution in [3.8, 4) is 0 Å². The van der Waals surface area contributed by atoms with Gasteiger partial charge in [-0.05, 0) is 19.1 Å². The van der Waals surface area contributed by atoms with Crippen molar-refractivity contribution in [2.24, 2.45) is 0 Å². The van der Waals surface area contributed by atoms with Crippen LogP contribution in [0.5, 0.6) is 0 Å². The Kier molecular flexibility index (Phi) is 4.99. The van der Waals surface area contributed by atoms with Crippen molar-refractivity contribution in [1.29, 1.82) is 0 Å². The van der Waals surface area contributed by atoms with Crippen LogP contribution in [0.2, 0.25) is 0 Å². The number of halogens is 4. The van der Waals surface area contributed by atoms with Crippen molar-refractivity contribution >= 4 is 33.4 Å². The SMILES string of the molecule is CC1CN(C(=O)c2c(F)cc(Br)cc2F)CC(CCl)O1. The van der Waals surface area contributed by atoms with E-state index < -0.39 is 23.1 Å². The Morgan fingerprint density at radius 3 is 2.60 bits per heavy atom. The minimum Gasteiger partial charge on any atom is -0.370 e. The average molecular weight is 369 g/mol. The second kappa shape index (κ2) is 6.37. The molecule has 1 heterocycles. The van der Waals surface area contributed by atoms with Gasteiger partial charge >= 0.3 is 0 Å². The first-order valence-electron chi connectivity index (χ1n) is 6.07. The number of carbonyl (C=O) groups excluding carboxylic acids is 1. The summed E-state index contributed by atoms with van der Waals surface area (Å²) < 4.78 is 33.4. The summed E-state index contributed by atoms with van der Waals surface area (Å²) in [5.74, 6) is -2.23. The van der Waals surface area contributed by atoms with Gasteiger partial charge in [0.05, 0.1) is 18.1 Å². The molecule has 0 spiro atoms. The Morgan fingerprint density at radius 2 is 2.05 bits per heavy atom. The van der Waals surface area contributed by atoms with E-state index in [0.29, 0.717) is 0 Å². The molecule has 0 aromatic heterocycles. The van der Waals surface area contributed by atoms with Crippen LogP contribution in [0, 0.1) is 11.6 Å². The first-order chi connectivity index (χ1) is 9.42. The van der Waals surface area contributed by atoms with Crippen LogP contribution in [0.3, 0.4) is 0 Å². The van der Waals surface area contributed by atoms with E-state index >= 15 is 0 Å². The highest BCUT2D eigenvalue weighted by Gasteiger charge is 2.31. The highest BCUT2D eigenvalue weighted by molar-refractivity contribution is 9.10. The Labute approximate surface area is 129 Å². The molecule has 2 rings (SSSR count). The van der Waals surface area contributed by atoms with Gasteiger partial charge in [-0.25, -0.2) is 8.78 Å². The molecule has 20 heavy (non-hydrogen) atoms. The zero-order valence-corrected chi connectivity index (χ0v) is 13.0. The molecule has 3 nitrogen and oxygen atoms in total. The molecule has 0 radical (unpaired) electrons. The molecule has 0 saturated carbocycles. The Bertz CT molecular complexity index is 506. The summed E-state index contributed by atoms with van der Waals surface area (Å²) >= 11 is 8.71. The molecule has 110 valence electrons. The molecule has 1 aliphatic heterocycles. The van der Waals surface area contributed by atoms with Crippen molar-refractivity contribution in [2.45, 2.75) is 19.1 Å². The monoisotopic (exact) mass is 367 g/mol. The van der Waals surface area contributed by atoms with Crippen LogP contribution in [0.15, 0.2) is 16.6 Å². The summed E-state index contributed by atoms with van der Waals surface area (Å²) in [6.07, 6.45) is -0.552. The number of rotatable bonds is 2. The van der Waals surface area contributed by atoms with Gasteiger partial charge in [0, 0.05) is 17.6 Å². The third-order valence-corrected chi connectivity index (χ3v) is 3.81. The van der Waals surface area contributed by atoms with Crippen LogP contribution in [0.1, 0.15) is 17.3 Å². The van der Waals surface area contributed by atoms with E-state index in [-0.39, 0.29) is 35.7 Å². The normalized spacial score (nSPS) is 22.9. The van der Waals surface area contributed by atoms with Crippen LogP contribution in [0.4, 0.5) is 8.78 Å². The van der Waals surface area contributed by atoms with Gasteiger partial charge in [-0.2, -0.15) is 0 Å². The van der Waals surface area contributed by atoms with Crippen molar-refractivity contribution in [3.05, 3.63) is 33.8 Å². The minimum absolute atomic E-state index is 0.222. The summed E-state index contributed by atoms with van der Waals surface area (Å²) in [6, 6.07) is 2.14. The van der Waals surface area contributed by atoms with Crippen molar-refractivity contribution in [1.82, 2.24) is 4.90 Å². The summed E-state index contributed by atoms with van der Waals surface area (Å²) in [4.78, 5) is 13.7. The van der Waals surface area contributed by atoms with E-state index in [1.54, 1.807) is 6.92 Å². The molecular weight excluding hydrogens is 356 g/mol. The molecule has 0 N–H and O–H groups in total. The number of nitrogens with zero attached hydrogens (tertiary/aromatic N) is 1. The van der Waals surface area contributed by atoms with Crippen molar-refractivity contribution < 1.29 is 18.3 Å². The lowest BCUT2D eigenvalue weighted by atomic mass is 10.1. The van der Waals surface area contributed by atoms with Crippen molar-refractivity contribution in [2.75, 3.05) is 19.0 Å². The Hall–Kier alpha value is -0.720. The smallest absolute Gasteiger partial charge is 0.260 e. The fourth-order valence-corrected chi connectivity index (χ4v) is 2.77. The maximum atomic E-state index is 13.8. The van der Waals surface area contributed by atoms with Gasteiger partial charge in [0.25, 0.3) is 5.91 Å². The molecule has 1 aliphatic rings. The van der Waals surface area contributed by atoms with Gasteiger partial charge in [-0.15, -0.1) is 11.6 Å². The van der Waals surface area contributed by atoms with E-state index in [1.807, 2.05) is 0 Å². The fourth-order valence-electron chi connectivity index (χ4n) is 2.20. The van der Waals surface area contributed by atoms with Gasteiger partial charge in [0.2, 0.25) is 0 Å². The highest BCUT2D eigenvalue weighted by atomic mass is 79.9. The molecular formula is C13H13BrClF2NO2. The lowest BCUT2D eigenvalue weighted by molar-refractivity contribution is -0.0572. The molecule has 2 unspecified atom stereocenters. The molecule has 0 bridgehead atoms. The first-order valence-corrected chi connectivity index (χ1v) is 7.40. The number of morpholine rings is 1. The number of hydrogen-bond acceptors (Lipinski definition) is 2. The van der Waals surface area contributed by atoms with Crippen LogP contribution in [-0.2, 0) is 4.74 Å². The fraction of sp³-hybridized carbons (Fsp3) is 0.462. The van der Waals surface area contributed by atoms with E-state index in [1.165, 1.54) is 4.90 Å². The molecule has 1 aromatic rings. The predicted molar refractivity (Wildman–Crippen MR) is 75.0 cm³/mol. The number of alkyl halides is 1.